The van der Waals surface area contributed by atoms with E-state index in [1.807, 2.05) is 32.0 Å². The molecule has 2 atom stereocenters. The van der Waals surface area contributed by atoms with Crippen molar-refractivity contribution in [3.63, 3.8) is 0 Å². The Hall–Kier alpha value is -1.11. The SMILES string of the molecule is CC(C)N1[C@H](c2ccc(Cl)cc2)C(c2cccc(Cl)c2)OS1(=O)=O. The molecule has 4 nitrogen and oxygen atoms in total. The highest BCUT2D eigenvalue weighted by atomic mass is 35.5. The zero-order valence-corrected chi connectivity index (χ0v) is 15.5. The van der Waals surface area contributed by atoms with Gasteiger partial charge in [-0.2, -0.15) is 12.7 Å². The summed E-state index contributed by atoms with van der Waals surface area (Å²) in [7, 11) is -3.85. The monoisotopic (exact) mass is 385 g/mol. The van der Waals surface area contributed by atoms with Crippen LogP contribution in [-0.2, 0) is 14.5 Å². The summed E-state index contributed by atoms with van der Waals surface area (Å²) >= 11 is 12.0. The molecule has 1 heterocycles. The van der Waals surface area contributed by atoms with E-state index in [4.69, 9.17) is 27.4 Å². The van der Waals surface area contributed by atoms with Crippen molar-refractivity contribution in [1.82, 2.24) is 4.31 Å². The molecule has 128 valence electrons. The van der Waals surface area contributed by atoms with Crippen LogP contribution in [0.25, 0.3) is 0 Å². The Labute approximate surface area is 152 Å². The Balaban J connectivity index is 2.14. The second kappa shape index (κ2) is 6.65. The number of hydrogen-bond acceptors (Lipinski definition) is 3. The third kappa shape index (κ3) is 3.32. The third-order valence-corrected chi connectivity index (χ3v) is 6.04. The highest BCUT2D eigenvalue weighted by molar-refractivity contribution is 7.84. The molecule has 3 rings (SSSR count). The van der Waals surface area contributed by atoms with E-state index in [0.29, 0.717) is 15.6 Å². The predicted octanol–water partition coefficient (Wildman–Crippen LogP) is 4.76. The second-order valence-electron chi connectivity index (χ2n) is 5.95. The van der Waals surface area contributed by atoms with Gasteiger partial charge < -0.3 is 0 Å². The van der Waals surface area contributed by atoms with Crippen molar-refractivity contribution < 1.29 is 12.6 Å². The van der Waals surface area contributed by atoms with E-state index < -0.39 is 22.4 Å². The van der Waals surface area contributed by atoms with Crippen molar-refractivity contribution in [2.45, 2.75) is 32.0 Å². The van der Waals surface area contributed by atoms with Crippen LogP contribution in [0.1, 0.15) is 37.1 Å². The summed E-state index contributed by atoms with van der Waals surface area (Å²) in [6, 6.07) is 13.5. The molecule has 24 heavy (non-hydrogen) atoms. The van der Waals surface area contributed by atoms with Crippen molar-refractivity contribution in [2.24, 2.45) is 0 Å². The maximum absolute atomic E-state index is 12.6. The van der Waals surface area contributed by atoms with Crippen molar-refractivity contribution in [1.29, 1.82) is 0 Å². The number of rotatable bonds is 3. The second-order valence-corrected chi connectivity index (χ2v) is 8.29. The number of nitrogens with zero attached hydrogens (tertiary/aromatic N) is 1. The topological polar surface area (TPSA) is 46.6 Å². The lowest BCUT2D eigenvalue weighted by atomic mass is 9.95. The van der Waals surface area contributed by atoms with Crippen molar-refractivity contribution in [3.05, 3.63) is 69.7 Å². The van der Waals surface area contributed by atoms with Gasteiger partial charge in [0.15, 0.2) is 0 Å². The molecule has 0 amide bonds. The van der Waals surface area contributed by atoms with Gasteiger partial charge in [0, 0.05) is 16.1 Å². The zero-order valence-electron chi connectivity index (χ0n) is 13.2. The van der Waals surface area contributed by atoms with E-state index in [2.05, 4.69) is 0 Å². The van der Waals surface area contributed by atoms with Crippen molar-refractivity contribution >= 4 is 33.5 Å². The van der Waals surface area contributed by atoms with E-state index in [-0.39, 0.29) is 6.04 Å². The van der Waals surface area contributed by atoms with E-state index >= 15 is 0 Å². The number of halogens is 2. The minimum atomic E-state index is -3.85. The molecule has 1 fully saturated rings. The molecule has 2 aromatic carbocycles. The molecule has 0 radical (unpaired) electrons. The van der Waals surface area contributed by atoms with Gasteiger partial charge in [-0.25, -0.2) is 4.18 Å². The molecule has 1 aliphatic rings. The van der Waals surface area contributed by atoms with Crippen LogP contribution in [0.4, 0.5) is 0 Å². The number of hydrogen-bond donors (Lipinski definition) is 0. The highest BCUT2D eigenvalue weighted by Gasteiger charge is 2.49. The van der Waals surface area contributed by atoms with E-state index in [1.54, 1.807) is 30.3 Å². The summed E-state index contributed by atoms with van der Waals surface area (Å²) in [5.74, 6) is 0. The maximum Gasteiger partial charge on any atom is 0.339 e. The van der Waals surface area contributed by atoms with Gasteiger partial charge in [0.2, 0.25) is 0 Å². The summed E-state index contributed by atoms with van der Waals surface area (Å²) in [6.45, 7) is 3.65. The molecule has 0 N–H and O–H groups in total. The molecule has 0 aliphatic carbocycles. The Kier molecular flexibility index (Phi) is 4.91. The first kappa shape index (κ1) is 17.7. The lowest BCUT2D eigenvalue weighted by molar-refractivity contribution is 0.188. The van der Waals surface area contributed by atoms with Gasteiger partial charge in [0.25, 0.3) is 0 Å². The first-order valence-electron chi connectivity index (χ1n) is 7.52. The molecule has 1 saturated heterocycles. The quantitative estimate of drug-likeness (QED) is 0.764. The molecule has 2 aromatic rings. The smallest absolute Gasteiger partial charge is 0.248 e. The predicted molar refractivity (Wildman–Crippen MR) is 95.4 cm³/mol. The fraction of sp³-hybridized carbons (Fsp3) is 0.294. The summed E-state index contributed by atoms with van der Waals surface area (Å²) in [4.78, 5) is 0. The van der Waals surface area contributed by atoms with Crippen LogP contribution in [0, 0.1) is 0 Å². The lowest BCUT2D eigenvalue weighted by Gasteiger charge is -2.27. The zero-order chi connectivity index (χ0) is 17.5. The molecule has 0 saturated carbocycles. The van der Waals surface area contributed by atoms with E-state index in [9.17, 15) is 8.42 Å². The Bertz CT molecular complexity index is 837. The Morgan fingerprint density at radius 3 is 2.25 bits per heavy atom. The Morgan fingerprint density at radius 2 is 1.67 bits per heavy atom. The molecule has 0 aromatic heterocycles. The highest BCUT2D eigenvalue weighted by Crippen LogP contribution is 2.47. The normalized spacial score (nSPS) is 23.7. The first-order valence-corrected chi connectivity index (χ1v) is 9.64. The van der Waals surface area contributed by atoms with Gasteiger partial charge in [0.05, 0.1) is 6.04 Å². The van der Waals surface area contributed by atoms with Crippen LogP contribution in [0.2, 0.25) is 10.0 Å². The first-order chi connectivity index (χ1) is 11.3. The van der Waals surface area contributed by atoms with Crippen LogP contribution in [0.15, 0.2) is 48.5 Å². The molecule has 0 spiro atoms. The van der Waals surface area contributed by atoms with Gasteiger partial charge in [-0.15, -0.1) is 0 Å². The average Bonchev–Trinajstić information content (AvgIpc) is 2.80. The summed E-state index contributed by atoms with van der Waals surface area (Å²) in [5, 5.41) is 1.13. The van der Waals surface area contributed by atoms with E-state index in [0.717, 1.165) is 5.56 Å². The molecule has 1 aliphatic heterocycles. The van der Waals surface area contributed by atoms with Gasteiger partial charge in [-0.3, -0.25) is 0 Å². The van der Waals surface area contributed by atoms with Gasteiger partial charge >= 0.3 is 10.3 Å². The molecule has 7 heteroatoms. The Morgan fingerprint density at radius 1 is 1.00 bits per heavy atom. The lowest BCUT2D eigenvalue weighted by Crippen LogP contribution is -2.34. The van der Waals surface area contributed by atoms with Crippen LogP contribution in [0.5, 0.6) is 0 Å². The molecule has 1 unspecified atom stereocenters. The largest absolute Gasteiger partial charge is 0.339 e. The number of benzene rings is 2. The fourth-order valence-electron chi connectivity index (χ4n) is 2.99. The minimum absolute atomic E-state index is 0.250. The maximum atomic E-state index is 12.6. The standard InChI is InChI=1S/C17H17Cl2NO3S/c1-11(2)20-16(12-6-8-14(18)9-7-12)17(23-24(20,21)22)13-4-3-5-15(19)10-13/h3-11,16-17H,1-2H3/t16-,17?/m1/s1. The van der Waals surface area contributed by atoms with Gasteiger partial charge in [-0.1, -0.05) is 47.5 Å². The summed E-state index contributed by atoms with van der Waals surface area (Å²) < 4.78 is 32.0. The van der Waals surface area contributed by atoms with Crippen LogP contribution < -0.4 is 0 Å². The average molecular weight is 386 g/mol. The minimum Gasteiger partial charge on any atom is -0.248 e. The molecular weight excluding hydrogens is 369 g/mol. The van der Waals surface area contributed by atoms with Crippen LogP contribution in [-0.4, -0.2) is 18.8 Å². The van der Waals surface area contributed by atoms with Gasteiger partial charge in [-0.05, 0) is 49.2 Å². The van der Waals surface area contributed by atoms with Gasteiger partial charge in [0.1, 0.15) is 6.10 Å². The third-order valence-electron chi connectivity index (χ3n) is 3.94. The van der Waals surface area contributed by atoms with Crippen molar-refractivity contribution in [3.8, 4) is 0 Å². The molecule has 0 bridgehead atoms. The fourth-order valence-corrected chi connectivity index (χ4v) is 4.92. The summed E-state index contributed by atoms with van der Waals surface area (Å²) in [6.07, 6.45) is -0.669. The van der Waals surface area contributed by atoms with E-state index in [1.165, 1.54) is 4.31 Å². The van der Waals surface area contributed by atoms with Crippen LogP contribution >= 0.6 is 23.2 Å². The van der Waals surface area contributed by atoms with Crippen molar-refractivity contribution in [2.75, 3.05) is 0 Å². The van der Waals surface area contributed by atoms with Crippen LogP contribution in [0.3, 0.4) is 0 Å². The molecular formula is C17H17Cl2NO3S. The summed E-state index contributed by atoms with van der Waals surface area (Å²) in [5.41, 5.74) is 1.54.